The van der Waals surface area contributed by atoms with Gasteiger partial charge in [0.1, 0.15) is 11.9 Å². The minimum atomic E-state index is -0.0109. The van der Waals surface area contributed by atoms with E-state index in [1.165, 1.54) is 0 Å². The number of oxime groups is 1. The first-order chi connectivity index (χ1) is 9.21. The molecule has 4 nitrogen and oxygen atoms in total. The number of ether oxygens (including phenoxy) is 1. The maximum absolute atomic E-state index is 8.96. The topological polar surface area (TPSA) is 51.0 Å². The Bertz CT molecular complexity index is 381. The summed E-state index contributed by atoms with van der Waals surface area (Å²) >= 11 is 0. The standard InChI is InChI=1S/C15H23NO3/c1-4-5-15(10-11-17)19-16-12(2)13-6-8-14(18-3)9-7-13/h6-9,15,17H,4-5,10-11H2,1-3H3/b16-12+. The van der Waals surface area contributed by atoms with Gasteiger partial charge in [-0.15, -0.1) is 0 Å². The van der Waals surface area contributed by atoms with Gasteiger partial charge in [0, 0.05) is 13.0 Å². The largest absolute Gasteiger partial charge is 0.497 e. The van der Waals surface area contributed by atoms with Crippen LogP contribution >= 0.6 is 0 Å². The highest BCUT2D eigenvalue weighted by atomic mass is 16.6. The number of benzene rings is 1. The summed E-state index contributed by atoms with van der Waals surface area (Å²) in [6.07, 6.45) is 2.53. The smallest absolute Gasteiger partial charge is 0.129 e. The van der Waals surface area contributed by atoms with E-state index in [1.807, 2.05) is 31.2 Å². The second-order valence-corrected chi connectivity index (χ2v) is 4.43. The zero-order chi connectivity index (χ0) is 14.1. The van der Waals surface area contributed by atoms with Gasteiger partial charge in [0.2, 0.25) is 0 Å². The first-order valence-corrected chi connectivity index (χ1v) is 6.67. The summed E-state index contributed by atoms with van der Waals surface area (Å²) in [6.45, 7) is 4.12. The van der Waals surface area contributed by atoms with Gasteiger partial charge >= 0.3 is 0 Å². The molecular formula is C15H23NO3. The number of methoxy groups -OCH3 is 1. The van der Waals surface area contributed by atoms with Crippen LogP contribution < -0.4 is 4.74 Å². The minimum Gasteiger partial charge on any atom is -0.497 e. The quantitative estimate of drug-likeness (QED) is 0.580. The van der Waals surface area contributed by atoms with E-state index >= 15 is 0 Å². The SMILES string of the molecule is CCCC(CCO)O/N=C(\C)c1ccc(OC)cc1. The van der Waals surface area contributed by atoms with Crippen molar-refractivity contribution in [1.29, 1.82) is 0 Å². The number of nitrogens with zero attached hydrogens (tertiary/aromatic N) is 1. The van der Waals surface area contributed by atoms with E-state index in [2.05, 4.69) is 12.1 Å². The van der Waals surface area contributed by atoms with Gasteiger partial charge in [-0.2, -0.15) is 0 Å². The van der Waals surface area contributed by atoms with Crippen LogP contribution in [0.1, 0.15) is 38.7 Å². The average molecular weight is 265 g/mol. The Morgan fingerprint density at radius 3 is 2.47 bits per heavy atom. The number of aliphatic hydroxyl groups is 1. The molecule has 4 heteroatoms. The average Bonchev–Trinajstić information content (AvgIpc) is 2.45. The summed E-state index contributed by atoms with van der Waals surface area (Å²) in [5.41, 5.74) is 1.82. The van der Waals surface area contributed by atoms with Crippen LogP contribution in [0.5, 0.6) is 5.75 Å². The number of hydrogen-bond donors (Lipinski definition) is 1. The molecule has 0 radical (unpaired) electrons. The molecule has 0 aliphatic carbocycles. The summed E-state index contributed by atoms with van der Waals surface area (Å²) < 4.78 is 5.11. The van der Waals surface area contributed by atoms with Crippen molar-refractivity contribution in [2.75, 3.05) is 13.7 Å². The second-order valence-electron chi connectivity index (χ2n) is 4.43. The third-order valence-corrected chi connectivity index (χ3v) is 2.91. The highest BCUT2D eigenvalue weighted by Gasteiger charge is 2.08. The van der Waals surface area contributed by atoms with E-state index in [0.29, 0.717) is 6.42 Å². The van der Waals surface area contributed by atoms with Crippen LogP contribution in [-0.4, -0.2) is 30.6 Å². The summed E-state index contributed by atoms with van der Waals surface area (Å²) in [5, 5.41) is 13.1. The second kappa shape index (κ2) is 8.53. The van der Waals surface area contributed by atoms with Crippen molar-refractivity contribution in [3.05, 3.63) is 29.8 Å². The Morgan fingerprint density at radius 1 is 1.26 bits per heavy atom. The van der Waals surface area contributed by atoms with Crippen molar-refractivity contribution in [2.45, 2.75) is 39.2 Å². The molecule has 1 N–H and O–H groups in total. The van der Waals surface area contributed by atoms with Crippen LogP contribution in [0, 0.1) is 0 Å². The van der Waals surface area contributed by atoms with Crippen molar-refractivity contribution in [2.24, 2.45) is 5.16 Å². The van der Waals surface area contributed by atoms with Gasteiger partial charge in [0.25, 0.3) is 0 Å². The maximum Gasteiger partial charge on any atom is 0.129 e. The predicted octanol–water partition coefficient (Wildman–Crippen LogP) is 2.99. The Morgan fingerprint density at radius 2 is 1.95 bits per heavy atom. The van der Waals surface area contributed by atoms with Crippen LogP contribution in [-0.2, 0) is 4.84 Å². The number of rotatable bonds is 8. The zero-order valence-corrected chi connectivity index (χ0v) is 11.9. The van der Waals surface area contributed by atoms with Gasteiger partial charge in [-0.3, -0.25) is 0 Å². The Balaban J connectivity index is 2.63. The molecule has 0 amide bonds. The zero-order valence-electron chi connectivity index (χ0n) is 11.9. The molecule has 1 aromatic rings. The molecule has 1 aromatic carbocycles. The van der Waals surface area contributed by atoms with Crippen LogP contribution in [0.3, 0.4) is 0 Å². The molecule has 0 saturated heterocycles. The molecule has 106 valence electrons. The Kier molecular flexibility index (Phi) is 6.97. The fourth-order valence-corrected chi connectivity index (χ4v) is 1.75. The molecule has 1 atom stereocenters. The van der Waals surface area contributed by atoms with Crippen molar-refractivity contribution >= 4 is 5.71 Å². The normalized spacial score (nSPS) is 13.2. The van der Waals surface area contributed by atoms with Crippen molar-refractivity contribution < 1.29 is 14.7 Å². The molecule has 0 fully saturated rings. The fraction of sp³-hybridized carbons (Fsp3) is 0.533. The summed E-state index contributed by atoms with van der Waals surface area (Å²) in [4.78, 5) is 5.49. The van der Waals surface area contributed by atoms with Crippen LogP contribution in [0.15, 0.2) is 29.4 Å². The van der Waals surface area contributed by atoms with E-state index < -0.39 is 0 Å². The lowest BCUT2D eigenvalue weighted by Crippen LogP contribution is -2.12. The van der Waals surface area contributed by atoms with E-state index in [4.69, 9.17) is 14.7 Å². The molecule has 0 aliphatic rings. The lowest BCUT2D eigenvalue weighted by molar-refractivity contribution is 0.0343. The van der Waals surface area contributed by atoms with Gasteiger partial charge in [0.05, 0.1) is 12.8 Å². The third kappa shape index (κ3) is 5.30. The van der Waals surface area contributed by atoms with Crippen LogP contribution in [0.25, 0.3) is 0 Å². The lowest BCUT2D eigenvalue weighted by atomic mass is 10.1. The third-order valence-electron chi connectivity index (χ3n) is 2.91. The van der Waals surface area contributed by atoms with Gasteiger partial charge in [-0.1, -0.05) is 18.5 Å². The predicted molar refractivity (Wildman–Crippen MR) is 76.7 cm³/mol. The first-order valence-electron chi connectivity index (χ1n) is 6.67. The molecule has 0 heterocycles. The van der Waals surface area contributed by atoms with E-state index in [0.717, 1.165) is 29.9 Å². The van der Waals surface area contributed by atoms with Crippen LogP contribution in [0.2, 0.25) is 0 Å². The lowest BCUT2D eigenvalue weighted by Gasteiger charge is -2.13. The first kappa shape index (κ1) is 15.5. The van der Waals surface area contributed by atoms with Gasteiger partial charge in [0.15, 0.2) is 0 Å². The van der Waals surface area contributed by atoms with Crippen molar-refractivity contribution in [3.8, 4) is 5.75 Å². The molecule has 0 aliphatic heterocycles. The molecule has 0 spiro atoms. The molecule has 19 heavy (non-hydrogen) atoms. The monoisotopic (exact) mass is 265 g/mol. The Hall–Kier alpha value is -1.55. The molecular weight excluding hydrogens is 242 g/mol. The van der Waals surface area contributed by atoms with E-state index in [9.17, 15) is 0 Å². The number of hydrogen-bond acceptors (Lipinski definition) is 4. The molecule has 1 unspecified atom stereocenters. The van der Waals surface area contributed by atoms with Gasteiger partial charge in [-0.25, -0.2) is 0 Å². The Labute approximate surface area is 115 Å². The van der Waals surface area contributed by atoms with Gasteiger partial charge in [-0.05, 0) is 43.2 Å². The molecule has 0 saturated carbocycles. The van der Waals surface area contributed by atoms with E-state index in [-0.39, 0.29) is 12.7 Å². The van der Waals surface area contributed by atoms with Gasteiger partial charge < -0.3 is 14.7 Å². The highest BCUT2D eigenvalue weighted by Crippen LogP contribution is 2.13. The number of aliphatic hydroxyl groups excluding tert-OH is 1. The fourth-order valence-electron chi connectivity index (χ4n) is 1.75. The van der Waals surface area contributed by atoms with Crippen LogP contribution in [0.4, 0.5) is 0 Å². The summed E-state index contributed by atoms with van der Waals surface area (Å²) in [5.74, 6) is 0.821. The van der Waals surface area contributed by atoms with E-state index in [1.54, 1.807) is 7.11 Å². The molecule has 1 rings (SSSR count). The summed E-state index contributed by atoms with van der Waals surface area (Å²) in [7, 11) is 1.64. The minimum absolute atomic E-state index is 0.0109. The highest BCUT2D eigenvalue weighted by molar-refractivity contribution is 5.98. The van der Waals surface area contributed by atoms with Crippen molar-refractivity contribution in [1.82, 2.24) is 0 Å². The molecule has 0 bridgehead atoms. The summed E-state index contributed by atoms with van der Waals surface area (Å²) in [6, 6.07) is 7.68. The maximum atomic E-state index is 8.96. The van der Waals surface area contributed by atoms with Crippen molar-refractivity contribution in [3.63, 3.8) is 0 Å². The molecule has 0 aromatic heterocycles.